The van der Waals surface area contributed by atoms with Gasteiger partial charge in [0, 0.05) is 29.7 Å². The van der Waals surface area contributed by atoms with Crippen molar-refractivity contribution in [3.05, 3.63) is 29.1 Å². The molecule has 1 aliphatic heterocycles. The SMILES string of the molecule is Cc1c(C=O)ccc(N2CC(C)(C)N[C@@H]3CCCC[C@@H]32)c1F. The third-order valence-electron chi connectivity index (χ3n) is 5.12. The molecule has 1 N–H and O–H groups in total. The maximum atomic E-state index is 14.8. The summed E-state index contributed by atoms with van der Waals surface area (Å²) in [5, 5.41) is 3.73. The first-order valence-corrected chi connectivity index (χ1v) is 8.21. The van der Waals surface area contributed by atoms with Gasteiger partial charge < -0.3 is 10.2 Å². The maximum Gasteiger partial charge on any atom is 0.150 e. The number of fused-ring (bicyclic) bond motifs is 1. The van der Waals surface area contributed by atoms with E-state index in [1.807, 2.05) is 0 Å². The van der Waals surface area contributed by atoms with Crippen molar-refractivity contribution >= 4 is 12.0 Å². The van der Waals surface area contributed by atoms with Gasteiger partial charge in [-0.2, -0.15) is 0 Å². The predicted octanol–water partition coefficient (Wildman–Crippen LogP) is 3.45. The first-order valence-electron chi connectivity index (χ1n) is 8.21. The lowest BCUT2D eigenvalue weighted by Gasteiger charge is -2.52. The predicted molar refractivity (Wildman–Crippen MR) is 87.1 cm³/mol. The summed E-state index contributed by atoms with van der Waals surface area (Å²) < 4.78 is 14.8. The summed E-state index contributed by atoms with van der Waals surface area (Å²) in [6.45, 7) is 6.82. The van der Waals surface area contributed by atoms with E-state index < -0.39 is 0 Å². The minimum atomic E-state index is -0.244. The molecule has 0 amide bonds. The Morgan fingerprint density at radius 3 is 2.77 bits per heavy atom. The Morgan fingerprint density at radius 2 is 2.05 bits per heavy atom. The van der Waals surface area contributed by atoms with Crippen molar-refractivity contribution in [1.29, 1.82) is 0 Å². The summed E-state index contributed by atoms with van der Waals surface area (Å²) >= 11 is 0. The fourth-order valence-electron chi connectivity index (χ4n) is 4.04. The maximum absolute atomic E-state index is 14.8. The van der Waals surface area contributed by atoms with Gasteiger partial charge in [0.25, 0.3) is 0 Å². The number of benzene rings is 1. The number of rotatable bonds is 2. The summed E-state index contributed by atoms with van der Waals surface area (Å²) in [5.74, 6) is -0.244. The van der Waals surface area contributed by atoms with Crippen molar-refractivity contribution in [3.63, 3.8) is 0 Å². The van der Waals surface area contributed by atoms with Crippen LogP contribution in [0.2, 0.25) is 0 Å². The van der Waals surface area contributed by atoms with Crippen LogP contribution in [0, 0.1) is 12.7 Å². The Balaban J connectivity index is 2.01. The van der Waals surface area contributed by atoms with Gasteiger partial charge >= 0.3 is 0 Å². The van der Waals surface area contributed by atoms with Crippen molar-refractivity contribution in [2.75, 3.05) is 11.4 Å². The number of hydrogen-bond acceptors (Lipinski definition) is 3. The van der Waals surface area contributed by atoms with Crippen molar-refractivity contribution in [2.24, 2.45) is 0 Å². The topological polar surface area (TPSA) is 32.3 Å². The summed E-state index contributed by atoms with van der Waals surface area (Å²) in [6, 6.07) is 4.29. The Morgan fingerprint density at radius 1 is 1.32 bits per heavy atom. The second kappa shape index (κ2) is 5.65. The average molecular weight is 304 g/mol. The van der Waals surface area contributed by atoms with Gasteiger partial charge in [-0.05, 0) is 51.3 Å². The molecular formula is C18H25FN2O. The lowest BCUT2D eigenvalue weighted by atomic mass is 9.83. The minimum Gasteiger partial charge on any atom is -0.363 e. The minimum absolute atomic E-state index is 0.0395. The molecule has 4 heteroatoms. The van der Waals surface area contributed by atoms with Crippen LogP contribution >= 0.6 is 0 Å². The molecule has 2 atom stereocenters. The third-order valence-corrected chi connectivity index (χ3v) is 5.12. The van der Waals surface area contributed by atoms with Crippen LogP contribution in [0.15, 0.2) is 12.1 Å². The zero-order valence-electron chi connectivity index (χ0n) is 13.7. The molecule has 1 aromatic rings. The van der Waals surface area contributed by atoms with Crippen LogP contribution in [0.1, 0.15) is 55.5 Å². The molecule has 2 fully saturated rings. The molecule has 0 spiro atoms. The van der Waals surface area contributed by atoms with E-state index in [4.69, 9.17) is 0 Å². The average Bonchev–Trinajstić information content (AvgIpc) is 2.48. The molecule has 1 saturated heterocycles. The third kappa shape index (κ3) is 2.65. The summed E-state index contributed by atoms with van der Waals surface area (Å²) in [7, 11) is 0. The number of piperazine rings is 1. The molecule has 2 aliphatic rings. The van der Waals surface area contributed by atoms with Crippen LogP contribution in [0.4, 0.5) is 10.1 Å². The van der Waals surface area contributed by atoms with Gasteiger partial charge in [0.15, 0.2) is 0 Å². The van der Waals surface area contributed by atoms with E-state index in [0.717, 1.165) is 25.7 Å². The summed E-state index contributed by atoms with van der Waals surface area (Å²) in [4.78, 5) is 13.2. The molecular weight excluding hydrogens is 279 g/mol. The fraction of sp³-hybridized carbons (Fsp3) is 0.611. The molecule has 0 bridgehead atoms. The lowest BCUT2D eigenvalue weighted by Crippen LogP contribution is -2.67. The number of hydrogen-bond donors (Lipinski definition) is 1. The first-order chi connectivity index (χ1) is 10.4. The van der Waals surface area contributed by atoms with Crippen LogP contribution in [0.3, 0.4) is 0 Å². The van der Waals surface area contributed by atoms with E-state index in [2.05, 4.69) is 24.1 Å². The van der Waals surface area contributed by atoms with Gasteiger partial charge in [-0.25, -0.2) is 4.39 Å². The number of nitrogens with one attached hydrogen (secondary N) is 1. The Bertz CT molecular complexity index is 585. The second-order valence-corrected chi connectivity index (χ2v) is 7.35. The molecule has 3 nitrogen and oxygen atoms in total. The van der Waals surface area contributed by atoms with E-state index in [1.165, 1.54) is 12.8 Å². The van der Waals surface area contributed by atoms with E-state index in [-0.39, 0.29) is 11.4 Å². The van der Waals surface area contributed by atoms with Gasteiger partial charge in [0.1, 0.15) is 12.1 Å². The molecule has 22 heavy (non-hydrogen) atoms. The number of anilines is 1. The quantitative estimate of drug-likeness (QED) is 0.849. The van der Waals surface area contributed by atoms with Crippen LogP contribution in [0.25, 0.3) is 0 Å². The Labute approximate surface area is 131 Å². The van der Waals surface area contributed by atoms with Gasteiger partial charge in [-0.15, -0.1) is 0 Å². The highest BCUT2D eigenvalue weighted by Crippen LogP contribution is 2.35. The molecule has 1 heterocycles. The zero-order chi connectivity index (χ0) is 15.9. The van der Waals surface area contributed by atoms with Crippen LogP contribution in [-0.4, -0.2) is 30.5 Å². The van der Waals surface area contributed by atoms with Crippen LogP contribution < -0.4 is 10.2 Å². The van der Waals surface area contributed by atoms with Crippen molar-refractivity contribution in [1.82, 2.24) is 5.32 Å². The van der Waals surface area contributed by atoms with E-state index >= 15 is 0 Å². The van der Waals surface area contributed by atoms with E-state index in [9.17, 15) is 9.18 Å². The molecule has 1 saturated carbocycles. The highest BCUT2D eigenvalue weighted by atomic mass is 19.1. The highest BCUT2D eigenvalue weighted by Gasteiger charge is 2.41. The number of carbonyl (C=O) groups is 1. The normalized spacial score (nSPS) is 27.4. The first kappa shape index (κ1) is 15.5. The highest BCUT2D eigenvalue weighted by molar-refractivity contribution is 5.78. The zero-order valence-corrected chi connectivity index (χ0v) is 13.7. The van der Waals surface area contributed by atoms with Crippen LogP contribution in [0.5, 0.6) is 0 Å². The van der Waals surface area contributed by atoms with E-state index in [1.54, 1.807) is 19.1 Å². The van der Waals surface area contributed by atoms with Gasteiger partial charge in [-0.1, -0.05) is 12.8 Å². The number of halogens is 1. The number of aldehydes is 1. The molecule has 0 radical (unpaired) electrons. The molecule has 0 aromatic heterocycles. The monoisotopic (exact) mass is 304 g/mol. The smallest absolute Gasteiger partial charge is 0.150 e. The standard InChI is InChI=1S/C18H25FN2O/c1-12-13(10-22)8-9-16(17(12)19)21-11-18(2,3)20-14-6-4-5-7-15(14)21/h8-10,14-15,20H,4-7,11H2,1-3H3/t14-,15+/m1/s1. The summed E-state index contributed by atoms with van der Waals surface area (Å²) in [6.07, 6.45) is 5.42. The summed E-state index contributed by atoms with van der Waals surface area (Å²) in [5.41, 5.74) is 1.50. The fourth-order valence-corrected chi connectivity index (χ4v) is 4.04. The van der Waals surface area contributed by atoms with E-state index in [0.29, 0.717) is 28.9 Å². The van der Waals surface area contributed by atoms with Crippen molar-refractivity contribution in [2.45, 2.75) is 64.1 Å². The molecule has 3 rings (SSSR count). The van der Waals surface area contributed by atoms with Crippen LogP contribution in [-0.2, 0) is 0 Å². The Kier molecular flexibility index (Phi) is 3.98. The molecule has 1 aliphatic carbocycles. The largest absolute Gasteiger partial charge is 0.363 e. The van der Waals surface area contributed by atoms with Crippen molar-refractivity contribution in [3.8, 4) is 0 Å². The Hall–Kier alpha value is -1.42. The molecule has 1 aromatic carbocycles. The molecule has 120 valence electrons. The van der Waals surface area contributed by atoms with Gasteiger partial charge in [0.05, 0.1) is 5.69 Å². The molecule has 0 unspecified atom stereocenters. The number of carbonyl (C=O) groups excluding carboxylic acids is 1. The second-order valence-electron chi connectivity index (χ2n) is 7.35. The van der Waals surface area contributed by atoms with Gasteiger partial charge in [-0.3, -0.25) is 4.79 Å². The van der Waals surface area contributed by atoms with Gasteiger partial charge in [0.2, 0.25) is 0 Å². The lowest BCUT2D eigenvalue weighted by molar-refractivity contribution is 0.112. The number of nitrogens with zero attached hydrogens (tertiary/aromatic N) is 1. The van der Waals surface area contributed by atoms with Crippen molar-refractivity contribution < 1.29 is 9.18 Å².